The maximum Gasteiger partial charge on any atom is 0.308 e. The Morgan fingerprint density at radius 3 is 2.67 bits per heavy atom. The molecule has 2 heterocycles. The van der Waals surface area contributed by atoms with Crippen LogP contribution in [0.25, 0.3) is 11.3 Å². The van der Waals surface area contributed by atoms with E-state index in [9.17, 15) is 9.90 Å². The first-order chi connectivity index (χ1) is 11.6. The van der Waals surface area contributed by atoms with Crippen molar-refractivity contribution in [3.63, 3.8) is 0 Å². The third kappa shape index (κ3) is 2.75. The van der Waals surface area contributed by atoms with Gasteiger partial charge in [-0.05, 0) is 55.2 Å². The van der Waals surface area contributed by atoms with Crippen molar-refractivity contribution in [3.05, 3.63) is 29.9 Å². The van der Waals surface area contributed by atoms with Crippen LogP contribution in [0.2, 0.25) is 5.28 Å². The highest BCUT2D eigenvalue weighted by Gasteiger charge is 2.47. The molecular formula is C17H18ClN3O3. The summed E-state index contributed by atoms with van der Waals surface area (Å²) in [4.78, 5) is 20.2. The van der Waals surface area contributed by atoms with Gasteiger partial charge in [-0.1, -0.05) is 0 Å². The molecule has 0 radical (unpaired) electrons. The van der Waals surface area contributed by atoms with Gasteiger partial charge in [0.15, 0.2) is 0 Å². The Bertz CT molecular complexity index is 742. The lowest BCUT2D eigenvalue weighted by molar-refractivity contribution is -0.148. The second-order valence-electron chi connectivity index (χ2n) is 6.63. The molecule has 7 heteroatoms. The van der Waals surface area contributed by atoms with Crippen molar-refractivity contribution in [2.45, 2.75) is 31.7 Å². The third-order valence-corrected chi connectivity index (χ3v) is 5.50. The van der Waals surface area contributed by atoms with E-state index < -0.39 is 5.97 Å². The summed E-state index contributed by atoms with van der Waals surface area (Å²) in [7, 11) is 0. The van der Waals surface area contributed by atoms with Crippen LogP contribution in [0.3, 0.4) is 0 Å². The monoisotopic (exact) mass is 347 g/mol. The number of rotatable bonds is 4. The number of hydrogen-bond donors (Lipinski definition) is 2. The Hall–Kier alpha value is -2.08. The van der Waals surface area contributed by atoms with E-state index in [4.69, 9.17) is 16.0 Å². The molecule has 6 nitrogen and oxygen atoms in total. The van der Waals surface area contributed by atoms with Crippen LogP contribution >= 0.6 is 11.6 Å². The molecule has 3 fully saturated rings. The predicted molar refractivity (Wildman–Crippen MR) is 88.7 cm³/mol. The summed E-state index contributed by atoms with van der Waals surface area (Å²) in [5, 5.41) is 13.1. The van der Waals surface area contributed by atoms with Gasteiger partial charge in [0.1, 0.15) is 5.82 Å². The highest BCUT2D eigenvalue weighted by molar-refractivity contribution is 6.28. The van der Waals surface area contributed by atoms with Gasteiger partial charge in [0, 0.05) is 17.7 Å². The van der Waals surface area contributed by atoms with Crippen molar-refractivity contribution in [2.24, 2.45) is 17.8 Å². The number of nitrogens with zero attached hydrogens (tertiary/aromatic N) is 2. The standard InChI is InChI=1S/C17H18ClN3O3/c18-17-19-12(11-5-6-24-8-11)7-13(21-17)20-15-10-3-1-9(2-4-10)14(15)16(22)23/h5-10,14-15H,1-4H2,(H,22,23)(H,19,20,21). The van der Waals surface area contributed by atoms with Gasteiger partial charge in [-0.2, -0.15) is 0 Å². The van der Waals surface area contributed by atoms with Crippen LogP contribution in [0.1, 0.15) is 25.7 Å². The highest BCUT2D eigenvalue weighted by atomic mass is 35.5. The van der Waals surface area contributed by atoms with Crippen LogP contribution in [0, 0.1) is 17.8 Å². The second kappa shape index (κ2) is 6.09. The molecule has 3 aliphatic rings. The number of halogens is 1. The van der Waals surface area contributed by atoms with Crippen molar-refractivity contribution in [1.29, 1.82) is 0 Å². The highest BCUT2D eigenvalue weighted by Crippen LogP contribution is 2.46. The lowest BCUT2D eigenvalue weighted by atomic mass is 9.61. The van der Waals surface area contributed by atoms with E-state index in [2.05, 4.69) is 15.3 Å². The van der Waals surface area contributed by atoms with Gasteiger partial charge in [-0.15, -0.1) is 0 Å². The molecule has 2 aromatic heterocycles. The molecule has 0 spiro atoms. The van der Waals surface area contributed by atoms with E-state index in [0.717, 1.165) is 31.2 Å². The van der Waals surface area contributed by atoms with E-state index in [1.54, 1.807) is 24.7 Å². The molecule has 5 rings (SSSR count). The van der Waals surface area contributed by atoms with Crippen molar-refractivity contribution >= 4 is 23.4 Å². The van der Waals surface area contributed by atoms with E-state index in [1.807, 2.05) is 0 Å². The van der Waals surface area contributed by atoms with Crippen LogP contribution in [-0.2, 0) is 4.79 Å². The van der Waals surface area contributed by atoms with Crippen LogP contribution in [0.5, 0.6) is 0 Å². The number of nitrogens with one attached hydrogen (secondary N) is 1. The first kappa shape index (κ1) is 15.4. The summed E-state index contributed by atoms with van der Waals surface area (Å²) in [5.41, 5.74) is 1.46. The molecule has 0 aliphatic heterocycles. The van der Waals surface area contributed by atoms with Gasteiger partial charge in [-0.3, -0.25) is 4.79 Å². The number of aliphatic carboxylic acids is 1. The first-order valence-electron chi connectivity index (χ1n) is 8.18. The number of hydrogen-bond acceptors (Lipinski definition) is 5. The van der Waals surface area contributed by atoms with Crippen molar-refractivity contribution < 1.29 is 14.3 Å². The summed E-state index contributed by atoms with van der Waals surface area (Å²) in [6, 6.07) is 3.47. The summed E-state index contributed by atoms with van der Waals surface area (Å²) >= 11 is 6.05. The van der Waals surface area contributed by atoms with Crippen molar-refractivity contribution in [1.82, 2.24) is 9.97 Å². The number of furan rings is 1. The maximum atomic E-state index is 11.8. The third-order valence-electron chi connectivity index (χ3n) is 5.33. The Labute approximate surface area is 144 Å². The number of carbonyl (C=O) groups is 1. The quantitative estimate of drug-likeness (QED) is 0.820. The number of aromatic nitrogens is 2. The molecule has 2 aromatic rings. The fourth-order valence-electron chi connectivity index (χ4n) is 4.23. The summed E-state index contributed by atoms with van der Waals surface area (Å²) < 4.78 is 5.09. The Kier molecular flexibility index (Phi) is 3.92. The molecule has 3 saturated carbocycles. The largest absolute Gasteiger partial charge is 0.481 e. The minimum Gasteiger partial charge on any atom is -0.481 e. The normalized spacial score (nSPS) is 28.7. The van der Waals surface area contributed by atoms with Gasteiger partial charge in [0.05, 0.1) is 24.1 Å². The van der Waals surface area contributed by atoms with E-state index in [1.165, 1.54) is 0 Å². The molecule has 2 unspecified atom stereocenters. The molecule has 3 aliphatic carbocycles. The van der Waals surface area contributed by atoms with Crippen LogP contribution in [0.4, 0.5) is 5.82 Å². The molecular weight excluding hydrogens is 330 g/mol. The number of carboxylic acids is 1. The topological polar surface area (TPSA) is 88.2 Å². The lowest BCUT2D eigenvalue weighted by Crippen LogP contribution is -2.51. The minimum absolute atomic E-state index is 0.113. The van der Waals surface area contributed by atoms with E-state index in [-0.39, 0.29) is 23.2 Å². The fourth-order valence-corrected chi connectivity index (χ4v) is 4.42. The summed E-state index contributed by atoms with van der Waals surface area (Å²) in [5.74, 6) is 0.0774. The smallest absolute Gasteiger partial charge is 0.308 e. The molecule has 0 aromatic carbocycles. The molecule has 0 amide bonds. The molecule has 2 bridgehead atoms. The molecule has 2 N–H and O–H groups in total. The van der Waals surface area contributed by atoms with Crippen LogP contribution < -0.4 is 5.32 Å². The fraction of sp³-hybridized carbons (Fsp3) is 0.471. The van der Waals surface area contributed by atoms with Gasteiger partial charge < -0.3 is 14.8 Å². The van der Waals surface area contributed by atoms with Gasteiger partial charge >= 0.3 is 5.97 Å². The van der Waals surface area contributed by atoms with Crippen LogP contribution in [0.15, 0.2) is 29.1 Å². The molecule has 24 heavy (non-hydrogen) atoms. The zero-order valence-electron chi connectivity index (χ0n) is 13.0. The maximum absolute atomic E-state index is 11.8. The SMILES string of the molecule is O=C(O)C1C2CCC(CC2)C1Nc1cc(-c2ccoc2)nc(Cl)n1. The van der Waals surface area contributed by atoms with Gasteiger partial charge in [0.25, 0.3) is 0 Å². The van der Waals surface area contributed by atoms with E-state index in [0.29, 0.717) is 17.4 Å². The van der Waals surface area contributed by atoms with Crippen molar-refractivity contribution in [2.75, 3.05) is 5.32 Å². The summed E-state index contributed by atoms with van der Waals surface area (Å²) in [6.45, 7) is 0. The average molecular weight is 348 g/mol. The zero-order valence-corrected chi connectivity index (χ0v) is 13.7. The van der Waals surface area contributed by atoms with Gasteiger partial charge in [-0.25, -0.2) is 9.97 Å². The van der Waals surface area contributed by atoms with Gasteiger partial charge in [0.2, 0.25) is 5.28 Å². The Morgan fingerprint density at radius 1 is 1.25 bits per heavy atom. The molecule has 2 atom stereocenters. The van der Waals surface area contributed by atoms with Crippen molar-refractivity contribution in [3.8, 4) is 11.3 Å². The number of anilines is 1. The average Bonchev–Trinajstić information content (AvgIpc) is 3.09. The summed E-state index contributed by atoms with van der Waals surface area (Å²) in [6.07, 6.45) is 7.30. The number of carboxylic acid groups (broad SMARTS) is 1. The molecule has 0 saturated heterocycles. The number of fused-ring (bicyclic) bond motifs is 3. The Morgan fingerprint density at radius 2 is 2.00 bits per heavy atom. The minimum atomic E-state index is -0.725. The second-order valence-corrected chi connectivity index (χ2v) is 6.97. The lowest BCUT2D eigenvalue weighted by Gasteiger charge is -2.47. The Balaban J connectivity index is 1.63. The molecule has 126 valence electrons. The van der Waals surface area contributed by atoms with E-state index >= 15 is 0 Å². The zero-order chi connectivity index (χ0) is 16.7. The predicted octanol–water partition coefficient (Wildman–Crippen LogP) is 3.69. The van der Waals surface area contributed by atoms with Crippen LogP contribution in [-0.4, -0.2) is 27.1 Å². The first-order valence-corrected chi connectivity index (χ1v) is 8.56.